The molecule has 0 aliphatic heterocycles. The fourth-order valence-electron chi connectivity index (χ4n) is 1.44. The Morgan fingerprint density at radius 2 is 2.25 bits per heavy atom. The first-order valence-electron chi connectivity index (χ1n) is 2.76. The average molecular weight is 172 g/mol. The highest BCUT2D eigenvalue weighted by molar-refractivity contribution is 9.09. The second-order valence-corrected chi connectivity index (χ2v) is 3.52. The van der Waals surface area contributed by atoms with Crippen molar-refractivity contribution in [3.8, 4) is 6.07 Å². The molecule has 2 fully saturated rings. The lowest BCUT2D eigenvalue weighted by atomic mass is 10.2. The molecule has 0 saturated heterocycles. The lowest BCUT2D eigenvalue weighted by Gasteiger charge is -1.87. The zero-order chi connectivity index (χ0) is 5.83. The third-order valence-corrected chi connectivity index (χ3v) is 3.59. The van der Waals surface area contributed by atoms with Crippen LogP contribution >= 0.6 is 15.9 Å². The molecule has 42 valence electrons. The zero-order valence-electron chi connectivity index (χ0n) is 4.45. The van der Waals surface area contributed by atoms with E-state index in [2.05, 4.69) is 22.0 Å². The second kappa shape index (κ2) is 0.974. The smallest absolute Gasteiger partial charge is 0.0696 e. The van der Waals surface area contributed by atoms with Gasteiger partial charge in [0.15, 0.2) is 0 Å². The summed E-state index contributed by atoms with van der Waals surface area (Å²) in [5.41, 5.74) is 0.623. The van der Waals surface area contributed by atoms with E-state index in [1.165, 1.54) is 0 Å². The van der Waals surface area contributed by atoms with Crippen molar-refractivity contribution in [1.29, 1.82) is 5.26 Å². The number of nitrogens with zero attached hydrogens (tertiary/aromatic N) is 1. The molecular weight excluding hydrogens is 166 g/mol. The number of nitriles is 1. The van der Waals surface area contributed by atoms with Crippen LogP contribution in [0.1, 0.15) is 12.8 Å². The molecule has 0 aromatic carbocycles. The molecule has 2 aliphatic carbocycles. The number of hydrogen-bond donors (Lipinski definition) is 0. The van der Waals surface area contributed by atoms with Gasteiger partial charge in [-0.3, -0.25) is 0 Å². The van der Waals surface area contributed by atoms with Crippen LogP contribution in [0.2, 0.25) is 0 Å². The van der Waals surface area contributed by atoms with Crippen LogP contribution in [0.5, 0.6) is 0 Å². The Hall–Kier alpha value is -0.0300. The molecule has 0 amide bonds. The first-order valence-corrected chi connectivity index (χ1v) is 3.88. The minimum Gasteiger partial charge on any atom is -0.198 e. The van der Waals surface area contributed by atoms with Gasteiger partial charge in [-0.2, -0.15) is 5.26 Å². The Kier molecular flexibility index (Phi) is 0.586. The van der Waals surface area contributed by atoms with Gasteiger partial charge in [-0.05, 0) is 12.8 Å². The largest absolute Gasteiger partial charge is 0.198 e. The first kappa shape index (κ1) is 4.81. The third kappa shape index (κ3) is 0.279. The summed E-state index contributed by atoms with van der Waals surface area (Å²) < 4.78 is 0. The molecule has 2 aliphatic rings. The molecule has 0 atom stereocenters. The van der Waals surface area contributed by atoms with Gasteiger partial charge in [0.25, 0.3) is 0 Å². The summed E-state index contributed by atoms with van der Waals surface area (Å²) in [5, 5.41) is 9.57. The highest BCUT2D eigenvalue weighted by Gasteiger charge is 2.83. The van der Waals surface area contributed by atoms with E-state index in [-0.39, 0.29) is 5.41 Å². The predicted molar refractivity (Wildman–Crippen MR) is 33.5 cm³/mol. The monoisotopic (exact) mass is 171 g/mol. The Balaban J connectivity index is 2.18. The average Bonchev–Trinajstić information content (AvgIpc) is 2.48. The Morgan fingerprint density at radius 1 is 1.62 bits per heavy atom. The van der Waals surface area contributed by atoms with Gasteiger partial charge in [-0.1, -0.05) is 15.9 Å². The van der Waals surface area contributed by atoms with E-state index in [1.807, 2.05) is 0 Å². The van der Waals surface area contributed by atoms with Crippen molar-refractivity contribution in [2.75, 3.05) is 5.33 Å². The van der Waals surface area contributed by atoms with Crippen LogP contribution in [-0.4, -0.2) is 5.33 Å². The van der Waals surface area contributed by atoms with Crippen LogP contribution in [0.25, 0.3) is 0 Å². The molecule has 0 spiro atoms. The quantitative estimate of drug-likeness (QED) is 0.552. The molecule has 0 heterocycles. The maximum absolute atomic E-state index is 8.53. The van der Waals surface area contributed by atoms with Crippen LogP contribution in [0, 0.1) is 22.2 Å². The lowest BCUT2D eigenvalue weighted by molar-refractivity contribution is 0.723. The van der Waals surface area contributed by atoms with Gasteiger partial charge in [0, 0.05) is 10.7 Å². The molecule has 0 aromatic rings. The van der Waals surface area contributed by atoms with Crippen LogP contribution in [0.4, 0.5) is 0 Å². The van der Waals surface area contributed by atoms with Crippen molar-refractivity contribution in [2.45, 2.75) is 12.8 Å². The van der Waals surface area contributed by atoms with E-state index >= 15 is 0 Å². The zero-order valence-corrected chi connectivity index (χ0v) is 6.03. The summed E-state index contributed by atoms with van der Waals surface area (Å²) in [6.45, 7) is 0. The van der Waals surface area contributed by atoms with Crippen LogP contribution in [0.15, 0.2) is 0 Å². The van der Waals surface area contributed by atoms with E-state index in [0.29, 0.717) is 5.41 Å². The lowest BCUT2D eigenvalue weighted by Crippen LogP contribution is -1.82. The van der Waals surface area contributed by atoms with Gasteiger partial charge in [0.2, 0.25) is 0 Å². The first-order chi connectivity index (χ1) is 3.79. The number of hydrogen-bond acceptors (Lipinski definition) is 1. The van der Waals surface area contributed by atoms with Gasteiger partial charge in [0.1, 0.15) is 0 Å². The third-order valence-electron chi connectivity index (χ3n) is 2.52. The standard InChI is InChI=1S/C6H6BrN/c7-3-5-1-6(5,2-5)4-8/h1-3H2. The van der Waals surface area contributed by atoms with Crippen LogP contribution < -0.4 is 0 Å². The summed E-state index contributed by atoms with van der Waals surface area (Å²) in [7, 11) is 0. The highest BCUT2D eigenvalue weighted by Crippen LogP contribution is 2.86. The number of rotatable bonds is 1. The van der Waals surface area contributed by atoms with Crippen LogP contribution in [-0.2, 0) is 0 Å². The van der Waals surface area contributed by atoms with Crippen LogP contribution in [0.3, 0.4) is 0 Å². The van der Waals surface area contributed by atoms with E-state index in [9.17, 15) is 0 Å². The molecule has 8 heavy (non-hydrogen) atoms. The minimum atomic E-state index is 0.163. The van der Waals surface area contributed by atoms with E-state index in [0.717, 1.165) is 18.2 Å². The molecule has 2 rings (SSSR count). The van der Waals surface area contributed by atoms with Gasteiger partial charge in [0.05, 0.1) is 11.5 Å². The number of alkyl halides is 1. The van der Waals surface area contributed by atoms with Crippen molar-refractivity contribution in [1.82, 2.24) is 0 Å². The molecular formula is C6H6BrN. The van der Waals surface area contributed by atoms with E-state index in [1.54, 1.807) is 0 Å². The van der Waals surface area contributed by atoms with Crippen molar-refractivity contribution in [3.05, 3.63) is 0 Å². The summed E-state index contributed by atoms with van der Waals surface area (Å²) in [4.78, 5) is 0. The maximum Gasteiger partial charge on any atom is 0.0696 e. The Bertz CT molecular complexity index is 173. The van der Waals surface area contributed by atoms with Gasteiger partial charge < -0.3 is 0 Å². The summed E-state index contributed by atoms with van der Waals surface area (Å²) in [6.07, 6.45) is 2.31. The fourth-order valence-corrected chi connectivity index (χ4v) is 2.37. The number of fused-ring (bicyclic) bond motifs is 1. The molecule has 0 bridgehead atoms. The van der Waals surface area contributed by atoms with E-state index in [4.69, 9.17) is 5.26 Å². The predicted octanol–water partition coefficient (Wildman–Crippen LogP) is 1.69. The fraction of sp³-hybridized carbons (Fsp3) is 0.833. The van der Waals surface area contributed by atoms with Gasteiger partial charge in [-0.15, -0.1) is 0 Å². The SMILES string of the molecule is N#CC12CC1(CBr)C2. The highest BCUT2D eigenvalue weighted by atomic mass is 79.9. The van der Waals surface area contributed by atoms with Gasteiger partial charge in [-0.25, -0.2) is 0 Å². The van der Waals surface area contributed by atoms with Crippen molar-refractivity contribution in [2.24, 2.45) is 10.8 Å². The maximum atomic E-state index is 8.53. The van der Waals surface area contributed by atoms with Crippen molar-refractivity contribution >= 4 is 15.9 Å². The van der Waals surface area contributed by atoms with Crippen molar-refractivity contribution in [3.63, 3.8) is 0 Å². The summed E-state index contributed by atoms with van der Waals surface area (Å²) >= 11 is 3.40. The van der Waals surface area contributed by atoms with E-state index < -0.39 is 0 Å². The second-order valence-electron chi connectivity index (χ2n) is 2.96. The van der Waals surface area contributed by atoms with Crippen molar-refractivity contribution < 1.29 is 0 Å². The summed E-state index contributed by atoms with van der Waals surface area (Å²) in [5.74, 6) is 0. The molecule has 0 N–H and O–H groups in total. The normalized spacial score (nSPS) is 56.5. The molecule has 2 heteroatoms. The Labute approximate surface area is 56.8 Å². The minimum absolute atomic E-state index is 0.163. The molecule has 0 radical (unpaired) electrons. The topological polar surface area (TPSA) is 23.8 Å². The summed E-state index contributed by atoms with van der Waals surface area (Å²) in [6, 6.07) is 2.35. The molecule has 2 saturated carbocycles. The molecule has 0 aromatic heterocycles. The molecule has 0 unspecified atom stereocenters. The molecule has 1 nitrogen and oxygen atoms in total. The number of halogens is 1. The van der Waals surface area contributed by atoms with Gasteiger partial charge >= 0.3 is 0 Å². The Morgan fingerprint density at radius 3 is 2.38 bits per heavy atom.